The largest absolute Gasteiger partial charge is 0.493 e. The van der Waals surface area contributed by atoms with E-state index in [1.54, 1.807) is 17.1 Å². The van der Waals surface area contributed by atoms with Crippen LogP contribution in [-0.4, -0.2) is 58.9 Å². The predicted octanol–water partition coefficient (Wildman–Crippen LogP) is 2.71. The van der Waals surface area contributed by atoms with Gasteiger partial charge in [-0.25, -0.2) is 0 Å². The summed E-state index contributed by atoms with van der Waals surface area (Å²) >= 11 is 0. The monoisotopic (exact) mass is 414 g/mol. The number of carbonyl (C=O) groups is 2. The van der Waals surface area contributed by atoms with Crippen molar-refractivity contribution in [2.24, 2.45) is 0 Å². The van der Waals surface area contributed by atoms with Crippen molar-refractivity contribution >= 4 is 17.5 Å². The zero-order valence-corrected chi connectivity index (χ0v) is 17.5. The number of amides is 2. The molecule has 162 valence electrons. The quantitative estimate of drug-likeness (QED) is 0.611. The highest BCUT2D eigenvalue weighted by atomic mass is 16.5. The Morgan fingerprint density at radius 1 is 1.33 bits per heavy atom. The third-order valence-corrected chi connectivity index (χ3v) is 4.85. The smallest absolute Gasteiger partial charge is 0.244 e. The molecule has 0 bridgehead atoms. The molecule has 1 fully saturated rings. The fourth-order valence-corrected chi connectivity index (χ4v) is 3.38. The molecule has 2 amide bonds. The number of hydrogen-bond acceptors (Lipinski definition) is 5. The summed E-state index contributed by atoms with van der Waals surface area (Å²) in [7, 11) is 0. The summed E-state index contributed by atoms with van der Waals surface area (Å²) in [6.45, 7) is 4.58. The second kappa shape index (κ2) is 11.3. The van der Waals surface area contributed by atoms with Crippen LogP contribution >= 0.6 is 0 Å². The van der Waals surface area contributed by atoms with Crippen molar-refractivity contribution < 1.29 is 19.1 Å². The standard InChI is InChI=1S/C22H30N4O4/c1-2-11-25(16-20-9-6-12-29-20)22(28)17-26-15-18(14-23-26)24-21(27)10-13-30-19-7-4-3-5-8-19/h3-5,7-8,14-15,20H,2,6,9-13,16-17H2,1H3,(H,24,27)/t20-/m0/s1. The van der Waals surface area contributed by atoms with Gasteiger partial charge in [0.15, 0.2) is 0 Å². The minimum atomic E-state index is -0.164. The number of nitrogens with one attached hydrogen (secondary N) is 1. The van der Waals surface area contributed by atoms with E-state index in [4.69, 9.17) is 9.47 Å². The number of hydrogen-bond donors (Lipinski definition) is 1. The first-order valence-electron chi connectivity index (χ1n) is 10.5. The van der Waals surface area contributed by atoms with Crippen LogP contribution in [0.5, 0.6) is 5.75 Å². The summed E-state index contributed by atoms with van der Waals surface area (Å²) in [4.78, 5) is 26.7. The van der Waals surface area contributed by atoms with E-state index in [9.17, 15) is 9.59 Å². The van der Waals surface area contributed by atoms with Crippen molar-refractivity contribution in [1.82, 2.24) is 14.7 Å². The van der Waals surface area contributed by atoms with Gasteiger partial charge in [-0.15, -0.1) is 0 Å². The third-order valence-electron chi connectivity index (χ3n) is 4.85. The number of aromatic nitrogens is 2. The molecule has 0 radical (unpaired) electrons. The highest BCUT2D eigenvalue weighted by Gasteiger charge is 2.22. The molecule has 0 saturated carbocycles. The Bertz CT molecular complexity index is 802. The van der Waals surface area contributed by atoms with Gasteiger partial charge in [0.2, 0.25) is 11.8 Å². The molecule has 2 aromatic rings. The van der Waals surface area contributed by atoms with E-state index < -0.39 is 0 Å². The van der Waals surface area contributed by atoms with E-state index in [-0.39, 0.29) is 37.5 Å². The lowest BCUT2D eigenvalue weighted by Crippen LogP contribution is -2.39. The second-order valence-electron chi connectivity index (χ2n) is 7.36. The summed E-state index contributed by atoms with van der Waals surface area (Å²) in [5.74, 6) is 0.573. The van der Waals surface area contributed by atoms with Gasteiger partial charge in [0.05, 0.1) is 31.0 Å². The number of ether oxygens (including phenoxy) is 2. The molecule has 8 nitrogen and oxygen atoms in total. The average molecular weight is 415 g/mol. The molecule has 2 heterocycles. The Labute approximate surface area is 177 Å². The first-order valence-corrected chi connectivity index (χ1v) is 10.5. The van der Waals surface area contributed by atoms with Crippen LogP contribution in [-0.2, 0) is 20.9 Å². The lowest BCUT2D eigenvalue weighted by Gasteiger charge is -2.25. The lowest BCUT2D eigenvalue weighted by molar-refractivity contribution is -0.133. The van der Waals surface area contributed by atoms with Crippen LogP contribution in [0, 0.1) is 0 Å². The van der Waals surface area contributed by atoms with Crippen LogP contribution in [0.25, 0.3) is 0 Å². The van der Waals surface area contributed by atoms with Crippen molar-refractivity contribution in [3.63, 3.8) is 0 Å². The van der Waals surface area contributed by atoms with E-state index in [1.165, 1.54) is 0 Å². The maximum Gasteiger partial charge on any atom is 0.244 e. The van der Waals surface area contributed by atoms with Crippen LogP contribution in [0.15, 0.2) is 42.7 Å². The van der Waals surface area contributed by atoms with Crippen molar-refractivity contribution in [2.45, 2.75) is 45.3 Å². The normalized spacial score (nSPS) is 15.7. The summed E-state index contributed by atoms with van der Waals surface area (Å²) in [6, 6.07) is 9.37. The van der Waals surface area contributed by atoms with Crippen LogP contribution in [0.3, 0.4) is 0 Å². The van der Waals surface area contributed by atoms with E-state index >= 15 is 0 Å². The molecule has 1 saturated heterocycles. The highest BCUT2D eigenvalue weighted by Crippen LogP contribution is 2.14. The van der Waals surface area contributed by atoms with Crippen molar-refractivity contribution in [2.75, 3.05) is 31.6 Å². The van der Waals surface area contributed by atoms with Gasteiger partial charge < -0.3 is 19.7 Å². The van der Waals surface area contributed by atoms with Crippen LogP contribution in [0.4, 0.5) is 5.69 Å². The fraction of sp³-hybridized carbons (Fsp3) is 0.500. The van der Waals surface area contributed by atoms with E-state index in [0.717, 1.165) is 31.6 Å². The molecule has 0 spiro atoms. The molecule has 30 heavy (non-hydrogen) atoms. The highest BCUT2D eigenvalue weighted by molar-refractivity contribution is 5.90. The van der Waals surface area contributed by atoms with Crippen molar-refractivity contribution in [3.8, 4) is 5.75 Å². The predicted molar refractivity (Wildman–Crippen MR) is 113 cm³/mol. The Balaban J connectivity index is 1.43. The molecule has 3 rings (SSSR count). The molecule has 1 aliphatic heterocycles. The Morgan fingerprint density at radius 3 is 2.90 bits per heavy atom. The third kappa shape index (κ3) is 6.88. The van der Waals surface area contributed by atoms with Gasteiger partial charge >= 0.3 is 0 Å². The van der Waals surface area contributed by atoms with E-state index in [1.807, 2.05) is 35.2 Å². The van der Waals surface area contributed by atoms with Crippen LogP contribution in [0.1, 0.15) is 32.6 Å². The molecule has 0 unspecified atom stereocenters. The summed E-state index contributed by atoms with van der Waals surface area (Å²) < 4.78 is 12.8. The zero-order chi connectivity index (χ0) is 21.2. The summed E-state index contributed by atoms with van der Waals surface area (Å²) in [5.41, 5.74) is 0.564. The number of benzene rings is 1. The van der Waals surface area contributed by atoms with Crippen molar-refractivity contribution in [1.29, 1.82) is 0 Å². The maximum absolute atomic E-state index is 12.7. The number of nitrogens with zero attached hydrogens (tertiary/aromatic N) is 3. The summed E-state index contributed by atoms with van der Waals surface area (Å²) in [5, 5.41) is 6.99. The number of carbonyl (C=O) groups excluding carboxylic acids is 2. The van der Waals surface area contributed by atoms with E-state index in [0.29, 0.717) is 18.8 Å². The SMILES string of the molecule is CCCN(C[C@@H]1CCCO1)C(=O)Cn1cc(NC(=O)CCOc2ccccc2)cn1. The van der Waals surface area contributed by atoms with Crippen LogP contribution in [0.2, 0.25) is 0 Å². The number of rotatable bonds is 11. The lowest BCUT2D eigenvalue weighted by atomic mass is 10.2. The van der Waals surface area contributed by atoms with Gasteiger partial charge in [-0.05, 0) is 31.4 Å². The molecule has 1 N–H and O–H groups in total. The molecule has 1 aliphatic rings. The van der Waals surface area contributed by atoms with Gasteiger partial charge in [-0.1, -0.05) is 25.1 Å². The molecular weight excluding hydrogens is 384 g/mol. The maximum atomic E-state index is 12.7. The molecule has 1 aromatic carbocycles. The van der Waals surface area contributed by atoms with Gasteiger partial charge in [0.25, 0.3) is 0 Å². The number of anilines is 1. The minimum Gasteiger partial charge on any atom is -0.493 e. The van der Waals surface area contributed by atoms with Gasteiger partial charge in [0, 0.05) is 25.9 Å². The van der Waals surface area contributed by atoms with Crippen molar-refractivity contribution in [3.05, 3.63) is 42.7 Å². The number of para-hydroxylation sites is 1. The first-order chi connectivity index (χ1) is 14.6. The second-order valence-corrected chi connectivity index (χ2v) is 7.36. The van der Waals surface area contributed by atoms with Crippen LogP contribution < -0.4 is 10.1 Å². The summed E-state index contributed by atoms with van der Waals surface area (Å²) in [6.07, 6.45) is 6.52. The minimum absolute atomic E-state index is 0.00425. The van der Waals surface area contributed by atoms with Gasteiger partial charge in [0.1, 0.15) is 12.3 Å². The Hall–Kier alpha value is -2.87. The van der Waals surface area contributed by atoms with Gasteiger partial charge in [-0.3, -0.25) is 14.3 Å². The molecular formula is C22H30N4O4. The molecule has 8 heteroatoms. The molecule has 1 aromatic heterocycles. The first kappa shape index (κ1) is 21.8. The Kier molecular flexibility index (Phi) is 8.26. The zero-order valence-electron chi connectivity index (χ0n) is 17.5. The topological polar surface area (TPSA) is 85.7 Å². The average Bonchev–Trinajstić information content (AvgIpc) is 3.40. The molecule has 0 aliphatic carbocycles. The molecule has 1 atom stereocenters. The fourth-order valence-electron chi connectivity index (χ4n) is 3.38. The van der Waals surface area contributed by atoms with E-state index in [2.05, 4.69) is 17.3 Å². The van der Waals surface area contributed by atoms with Gasteiger partial charge in [-0.2, -0.15) is 5.10 Å². The Morgan fingerprint density at radius 2 is 2.17 bits per heavy atom.